The minimum atomic E-state index is 0.284. The first-order chi connectivity index (χ1) is 11.7. The van der Waals surface area contributed by atoms with Crippen molar-refractivity contribution >= 4 is 0 Å². The van der Waals surface area contributed by atoms with Crippen LogP contribution in [0.4, 0.5) is 0 Å². The van der Waals surface area contributed by atoms with E-state index in [0.717, 1.165) is 37.7 Å². The Morgan fingerprint density at radius 2 is 1.71 bits per heavy atom. The lowest BCUT2D eigenvalue weighted by atomic mass is 10.0. The highest BCUT2D eigenvalue weighted by atomic mass is 16.5. The Morgan fingerprint density at radius 1 is 1.00 bits per heavy atom. The van der Waals surface area contributed by atoms with E-state index in [1.54, 1.807) is 0 Å². The number of hydrogen-bond donors (Lipinski definition) is 1. The predicted octanol–water partition coefficient (Wildman–Crippen LogP) is 3.03. The fraction of sp³-hybridized carbons (Fsp3) is 0.400. The van der Waals surface area contributed by atoms with Gasteiger partial charge in [0.05, 0.1) is 0 Å². The van der Waals surface area contributed by atoms with Gasteiger partial charge in [0.1, 0.15) is 11.5 Å². The van der Waals surface area contributed by atoms with Gasteiger partial charge in [0.25, 0.3) is 0 Å². The molecule has 1 aliphatic rings. The van der Waals surface area contributed by atoms with Crippen LogP contribution in [0.25, 0.3) is 0 Å². The lowest BCUT2D eigenvalue weighted by Crippen LogP contribution is -2.47. The second-order valence-electron chi connectivity index (χ2n) is 6.58. The number of benzene rings is 2. The van der Waals surface area contributed by atoms with E-state index in [-0.39, 0.29) is 6.04 Å². The molecule has 2 aromatic carbocycles. The maximum absolute atomic E-state index is 6.06. The van der Waals surface area contributed by atoms with Crippen LogP contribution in [0.1, 0.15) is 17.2 Å². The Hall–Kier alpha value is -1.88. The Kier molecular flexibility index (Phi) is 5.51. The Bertz CT molecular complexity index is 648. The molecule has 0 aliphatic carbocycles. The summed E-state index contributed by atoms with van der Waals surface area (Å²) in [6.07, 6.45) is 0. The van der Waals surface area contributed by atoms with Gasteiger partial charge < -0.3 is 15.4 Å². The molecular formula is C20H27N3O. The molecule has 0 amide bonds. The van der Waals surface area contributed by atoms with Gasteiger partial charge in [-0.05, 0) is 49.4 Å². The van der Waals surface area contributed by atoms with Crippen LogP contribution in [-0.4, -0.2) is 49.6 Å². The van der Waals surface area contributed by atoms with E-state index in [1.807, 2.05) is 30.3 Å². The summed E-state index contributed by atoms with van der Waals surface area (Å²) < 4.78 is 5.94. The van der Waals surface area contributed by atoms with Crippen molar-refractivity contribution in [3.05, 3.63) is 59.7 Å². The summed E-state index contributed by atoms with van der Waals surface area (Å²) in [5.41, 5.74) is 8.52. The first kappa shape index (κ1) is 17.0. The second-order valence-corrected chi connectivity index (χ2v) is 6.58. The van der Waals surface area contributed by atoms with E-state index in [2.05, 4.69) is 42.0 Å². The van der Waals surface area contributed by atoms with Crippen molar-refractivity contribution in [2.45, 2.75) is 13.0 Å². The van der Waals surface area contributed by atoms with Gasteiger partial charge >= 0.3 is 0 Å². The van der Waals surface area contributed by atoms with E-state index in [4.69, 9.17) is 10.5 Å². The smallest absolute Gasteiger partial charge is 0.127 e. The number of aryl methyl sites for hydroxylation is 1. The lowest BCUT2D eigenvalue weighted by Gasteiger charge is -2.37. The number of likely N-dealkylation sites (N-methyl/N-ethyl adjacent to an activating group) is 1. The van der Waals surface area contributed by atoms with Crippen molar-refractivity contribution in [2.75, 3.05) is 39.8 Å². The molecule has 0 radical (unpaired) electrons. The van der Waals surface area contributed by atoms with Gasteiger partial charge in [-0.3, -0.25) is 4.90 Å². The van der Waals surface area contributed by atoms with Crippen molar-refractivity contribution in [1.82, 2.24) is 9.80 Å². The summed E-state index contributed by atoms with van der Waals surface area (Å²) in [6.45, 7) is 7.05. The fourth-order valence-electron chi connectivity index (χ4n) is 3.20. The van der Waals surface area contributed by atoms with E-state index in [0.29, 0.717) is 6.54 Å². The zero-order valence-corrected chi connectivity index (χ0v) is 14.6. The van der Waals surface area contributed by atoms with Crippen LogP contribution in [0.5, 0.6) is 11.5 Å². The molecule has 1 aliphatic heterocycles. The molecule has 1 fully saturated rings. The van der Waals surface area contributed by atoms with Gasteiger partial charge in [-0.2, -0.15) is 0 Å². The highest BCUT2D eigenvalue weighted by molar-refractivity contribution is 5.35. The van der Waals surface area contributed by atoms with Crippen LogP contribution in [0.3, 0.4) is 0 Å². The first-order valence-electron chi connectivity index (χ1n) is 8.63. The van der Waals surface area contributed by atoms with Crippen molar-refractivity contribution in [2.24, 2.45) is 5.73 Å². The number of piperazine rings is 1. The summed E-state index contributed by atoms with van der Waals surface area (Å²) in [7, 11) is 2.17. The summed E-state index contributed by atoms with van der Waals surface area (Å²) in [4.78, 5) is 4.85. The van der Waals surface area contributed by atoms with Gasteiger partial charge in [-0.15, -0.1) is 0 Å². The third-order valence-electron chi connectivity index (χ3n) is 4.69. The molecule has 1 saturated heterocycles. The molecule has 1 heterocycles. The Labute approximate surface area is 144 Å². The van der Waals surface area contributed by atoms with Crippen LogP contribution in [0, 0.1) is 6.92 Å². The van der Waals surface area contributed by atoms with Crippen LogP contribution >= 0.6 is 0 Å². The van der Waals surface area contributed by atoms with E-state index in [9.17, 15) is 0 Å². The maximum Gasteiger partial charge on any atom is 0.127 e. The molecule has 0 bridgehead atoms. The SMILES string of the molecule is Cc1cccc(Oc2ccc(C(CN)N3CCN(C)CC3)cc2)c1. The highest BCUT2D eigenvalue weighted by Gasteiger charge is 2.22. The zero-order chi connectivity index (χ0) is 16.9. The normalized spacial score (nSPS) is 17.6. The lowest BCUT2D eigenvalue weighted by molar-refractivity contribution is 0.114. The molecular weight excluding hydrogens is 298 g/mol. The molecule has 0 saturated carbocycles. The topological polar surface area (TPSA) is 41.7 Å². The predicted molar refractivity (Wildman–Crippen MR) is 98.6 cm³/mol. The number of nitrogens with two attached hydrogens (primary N) is 1. The van der Waals surface area contributed by atoms with Crippen LogP contribution < -0.4 is 10.5 Å². The molecule has 2 aromatic rings. The molecule has 0 spiro atoms. The van der Waals surface area contributed by atoms with E-state index >= 15 is 0 Å². The molecule has 4 nitrogen and oxygen atoms in total. The molecule has 1 unspecified atom stereocenters. The molecule has 4 heteroatoms. The number of ether oxygens (including phenoxy) is 1. The van der Waals surface area contributed by atoms with Crippen molar-refractivity contribution in [3.8, 4) is 11.5 Å². The monoisotopic (exact) mass is 325 g/mol. The summed E-state index contributed by atoms with van der Waals surface area (Å²) in [5, 5.41) is 0. The summed E-state index contributed by atoms with van der Waals surface area (Å²) >= 11 is 0. The number of rotatable bonds is 5. The number of nitrogens with zero attached hydrogens (tertiary/aromatic N) is 2. The maximum atomic E-state index is 6.06. The standard InChI is InChI=1S/C20H27N3O/c1-16-4-3-5-19(14-16)24-18-8-6-17(7-9-18)20(15-21)23-12-10-22(2)11-13-23/h3-9,14,20H,10-13,15,21H2,1-2H3. The van der Waals surface area contributed by atoms with E-state index in [1.165, 1.54) is 11.1 Å². The fourth-order valence-corrected chi connectivity index (χ4v) is 3.20. The first-order valence-corrected chi connectivity index (χ1v) is 8.63. The zero-order valence-electron chi connectivity index (χ0n) is 14.6. The van der Waals surface area contributed by atoms with Crippen LogP contribution in [0.2, 0.25) is 0 Å². The highest BCUT2D eigenvalue weighted by Crippen LogP contribution is 2.26. The summed E-state index contributed by atoms with van der Waals surface area (Å²) in [6, 6.07) is 16.7. The van der Waals surface area contributed by atoms with Crippen molar-refractivity contribution in [3.63, 3.8) is 0 Å². The third kappa shape index (κ3) is 4.15. The van der Waals surface area contributed by atoms with Gasteiger partial charge in [0.2, 0.25) is 0 Å². The van der Waals surface area contributed by atoms with Crippen molar-refractivity contribution < 1.29 is 4.74 Å². The Morgan fingerprint density at radius 3 is 2.33 bits per heavy atom. The van der Waals surface area contributed by atoms with Gasteiger partial charge in [-0.25, -0.2) is 0 Å². The van der Waals surface area contributed by atoms with E-state index < -0.39 is 0 Å². The average molecular weight is 325 g/mol. The van der Waals surface area contributed by atoms with Crippen LogP contribution in [0.15, 0.2) is 48.5 Å². The molecule has 3 rings (SSSR count). The quantitative estimate of drug-likeness (QED) is 0.917. The van der Waals surface area contributed by atoms with Gasteiger partial charge in [-0.1, -0.05) is 24.3 Å². The molecule has 0 aromatic heterocycles. The van der Waals surface area contributed by atoms with Gasteiger partial charge in [0, 0.05) is 38.8 Å². The van der Waals surface area contributed by atoms with Crippen LogP contribution in [-0.2, 0) is 0 Å². The minimum Gasteiger partial charge on any atom is -0.457 e. The second kappa shape index (κ2) is 7.79. The molecule has 1 atom stereocenters. The Balaban J connectivity index is 1.68. The summed E-state index contributed by atoms with van der Waals surface area (Å²) in [5.74, 6) is 1.73. The largest absolute Gasteiger partial charge is 0.457 e. The van der Waals surface area contributed by atoms with Crippen molar-refractivity contribution in [1.29, 1.82) is 0 Å². The average Bonchev–Trinajstić information content (AvgIpc) is 2.59. The minimum absolute atomic E-state index is 0.284. The molecule has 128 valence electrons. The number of hydrogen-bond acceptors (Lipinski definition) is 4. The molecule has 2 N–H and O–H groups in total. The van der Waals surface area contributed by atoms with Gasteiger partial charge in [0.15, 0.2) is 0 Å². The third-order valence-corrected chi connectivity index (χ3v) is 4.69. The molecule has 24 heavy (non-hydrogen) atoms.